The van der Waals surface area contributed by atoms with Gasteiger partial charge < -0.3 is 15.0 Å². The first kappa shape index (κ1) is 15.3. The van der Waals surface area contributed by atoms with Gasteiger partial charge >= 0.3 is 0 Å². The number of aryl methyl sites for hydroxylation is 1. The van der Waals surface area contributed by atoms with E-state index in [0.717, 1.165) is 44.1 Å². The van der Waals surface area contributed by atoms with Crippen LogP contribution >= 0.6 is 0 Å². The number of rotatable bonds is 5. The van der Waals surface area contributed by atoms with Gasteiger partial charge in [0, 0.05) is 25.3 Å². The van der Waals surface area contributed by atoms with Crippen LogP contribution in [0.1, 0.15) is 38.4 Å². The number of nitrogens with zero attached hydrogens (tertiary/aromatic N) is 2. The minimum Gasteiger partial charge on any atom is -0.372 e. The van der Waals surface area contributed by atoms with Gasteiger partial charge in [-0.25, -0.2) is 4.98 Å². The highest BCUT2D eigenvalue weighted by Gasteiger charge is 2.23. The first-order valence-electron chi connectivity index (χ1n) is 7.67. The molecular formula is C16H27N3O. The van der Waals surface area contributed by atoms with Gasteiger partial charge in [-0.2, -0.15) is 0 Å². The number of ether oxygens (including phenoxy) is 1. The average molecular weight is 277 g/mol. The average Bonchev–Trinajstić information content (AvgIpc) is 2.37. The Kier molecular flexibility index (Phi) is 5.38. The first-order chi connectivity index (χ1) is 9.58. The Morgan fingerprint density at radius 3 is 2.65 bits per heavy atom. The largest absolute Gasteiger partial charge is 0.372 e. The van der Waals surface area contributed by atoms with Crippen LogP contribution < -0.4 is 10.2 Å². The summed E-state index contributed by atoms with van der Waals surface area (Å²) >= 11 is 0. The second-order valence-electron chi connectivity index (χ2n) is 5.81. The van der Waals surface area contributed by atoms with E-state index in [9.17, 15) is 0 Å². The van der Waals surface area contributed by atoms with Gasteiger partial charge in [0.15, 0.2) is 0 Å². The third-order valence-electron chi connectivity index (χ3n) is 3.50. The highest BCUT2D eigenvalue weighted by Crippen LogP contribution is 2.20. The van der Waals surface area contributed by atoms with Gasteiger partial charge in [-0.3, -0.25) is 0 Å². The molecule has 0 radical (unpaired) electrons. The zero-order valence-electron chi connectivity index (χ0n) is 13.1. The monoisotopic (exact) mass is 277 g/mol. The highest BCUT2D eigenvalue weighted by molar-refractivity contribution is 5.43. The summed E-state index contributed by atoms with van der Waals surface area (Å²) in [6, 6.07) is 4.37. The molecule has 4 heteroatoms. The maximum Gasteiger partial charge on any atom is 0.129 e. The van der Waals surface area contributed by atoms with E-state index in [-0.39, 0.29) is 12.2 Å². The second-order valence-corrected chi connectivity index (χ2v) is 5.81. The van der Waals surface area contributed by atoms with Crippen molar-refractivity contribution in [3.63, 3.8) is 0 Å². The van der Waals surface area contributed by atoms with Gasteiger partial charge in [0.25, 0.3) is 0 Å². The zero-order chi connectivity index (χ0) is 14.5. The van der Waals surface area contributed by atoms with Gasteiger partial charge in [0.05, 0.1) is 12.2 Å². The third-order valence-corrected chi connectivity index (χ3v) is 3.50. The summed E-state index contributed by atoms with van der Waals surface area (Å²) in [6.07, 6.45) is 1.69. The number of aromatic nitrogens is 1. The lowest BCUT2D eigenvalue weighted by Gasteiger charge is -2.36. The summed E-state index contributed by atoms with van der Waals surface area (Å²) < 4.78 is 5.80. The highest BCUT2D eigenvalue weighted by atomic mass is 16.5. The van der Waals surface area contributed by atoms with Crippen molar-refractivity contribution < 1.29 is 4.74 Å². The molecule has 1 N–H and O–H groups in total. The number of hydrogen-bond acceptors (Lipinski definition) is 4. The molecule has 1 aromatic heterocycles. The summed E-state index contributed by atoms with van der Waals surface area (Å²) in [4.78, 5) is 7.04. The molecule has 2 atom stereocenters. The summed E-state index contributed by atoms with van der Waals surface area (Å²) in [5, 5.41) is 3.46. The molecule has 20 heavy (non-hydrogen) atoms. The van der Waals surface area contributed by atoms with Crippen molar-refractivity contribution in [3.05, 3.63) is 23.4 Å². The predicted molar refractivity (Wildman–Crippen MR) is 83.2 cm³/mol. The Labute approximate surface area is 122 Å². The lowest BCUT2D eigenvalue weighted by atomic mass is 10.2. The van der Waals surface area contributed by atoms with E-state index in [1.165, 1.54) is 5.56 Å². The molecule has 0 saturated carbocycles. The lowest BCUT2D eigenvalue weighted by Crippen LogP contribution is -2.46. The van der Waals surface area contributed by atoms with Crippen LogP contribution in [-0.2, 0) is 11.3 Å². The molecule has 2 rings (SSSR count). The molecule has 2 heterocycles. The first-order valence-corrected chi connectivity index (χ1v) is 7.67. The fourth-order valence-corrected chi connectivity index (χ4v) is 2.76. The Hall–Kier alpha value is -1.13. The molecule has 0 aliphatic carbocycles. The van der Waals surface area contributed by atoms with Gasteiger partial charge in [-0.1, -0.05) is 6.92 Å². The van der Waals surface area contributed by atoms with Crippen molar-refractivity contribution in [3.8, 4) is 0 Å². The normalized spacial score (nSPS) is 23.1. The van der Waals surface area contributed by atoms with Gasteiger partial charge in [-0.15, -0.1) is 0 Å². The van der Waals surface area contributed by atoms with Crippen molar-refractivity contribution in [2.24, 2.45) is 0 Å². The summed E-state index contributed by atoms with van der Waals surface area (Å²) in [5.41, 5.74) is 2.40. The summed E-state index contributed by atoms with van der Waals surface area (Å²) in [7, 11) is 0. The van der Waals surface area contributed by atoms with Crippen LogP contribution in [0.25, 0.3) is 0 Å². The molecule has 1 fully saturated rings. The van der Waals surface area contributed by atoms with Crippen LogP contribution in [0.4, 0.5) is 5.82 Å². The van der Waals surface area contributed by atoms with Crippen LogP contribution in [0.2, 0.25) is 0 Å². The fourth-order valence-electron chi connectivity index (χ4n) is 2.76. The smallest absolute Gasteiger partial charge is 0.129 e. The predicted octanol–water partition coefficient (Wildman–Crippen LogP) is 2.50. The molecule has 0 bridgehead atoms. The number of hydrogen-bond donors (Lipinski definition) is 1. The maximum absolute atomic E-state index is 5.80. The Morgan fingerprint density at radius 1 is 1.30 bits per heavy atom. The van der Waals surface area contributed by atoms with Crippen molar-refractivity contribution >= 4 is 5.82 Å². The van der Waals surface area contributed by atoms with Crippen molar-refractivity contribution in [2.75, 3.05) is 24.5 Å². The number of nitrogens with one attached hydrogen (secondary N) is 1. The molecular weight excluding hydrogens is 250 g/mol. The van der Waals surface area contributed by atoms with E-state index in [1.54, 1.807) is 0 Å². The molecule has 0 amide bonds. The Bertz CT molecular complexity index is 426. The summed E-state index contributed by atoms with van der Waals surface area (Å²) in [6.45, 7) is 12.3. The molecule has 1 aliphatic rings. The van der Waals surface area contributed by atoms with Gasteiger partial charge in [-0.05, 0) is 51.4 Å². The SMILES string of the molecule is CCCNCc1cc(C)nc(N2CC(C)OC(C)C2)c1. The molecule has 112 valence electrons. The molecule has 2 unspecified atom stereocenters. The van der Waals surface area contributed by atoms with E-state index in [1.807, 2.05) is 0 Å². The number of pyridine rings is 1. The van der Waals surface area contributed by atoms with Crippen molar-refractivity contribution in [1.82, 2.24) is 10.3 Å². The molecule has 1 aliphatic heterocycles. The van der Waals surface area contributed by atoms with Crippen LogP contribution in [0.15, 0.2) is 12.1 Å². The maximum atomic E-state index is 5.80. The number of morpholine rings is 1. The van der Waals surface area contributed by atoms with E-state index < -0.39 is 0 Å². The Morgan fingerprint density at radius 2 is 2.00 bits per heavy atom. The molecule has 0 aromatic carbocycles. The van der Waals surface area contributed by atoms with Gasteiger partial charge in [0.2, 0.25) is 0 Å². The van der Waals surface area contributed by atoms with Crippen molar-refractivity contribution in [1.29, 1.82) is 0 Å². The zero-order valence-corrected chi connectivity index (χ0v) is 13.1. The van der Waals surface area contributed by atoms with Crippen LogP contribution in [-0.4, -0.2) is 36.8 Å². The van der Waals surface area contributed by atoms with Crippen molar-refractivity contribution in [2.45, 2.75) is 52.9 Å². The molecule has 1 saturated heterocycles. The Balaban J connectivity index is 2.10. The number of anilines is 1. The minimum absolute atomic E-state index is 0.266. The molecule has 1 aromatic rings. The minimum atomic E-state index is 0.266. The van der Waals surface area contributed by atoms with Crippen LogP contribution in [0.3, 0.4) is 0 Å². The van der Waals surface area contributed by atoms with E-state index in [0.29, 0.717) is 0 Å². The fraction of sp³-hybridized carbons (Fsp3) is 0.688. The quantitative estimate of drug-likeness (QED) is 0.839. The van der Waals surface area contributed by atoms with E-state index in [4.69, 9.17) is 9.72 Å². The van der Waals surface area contributed by atoms with E-state index >= 15 is 0 Å². The summed E-state index contributed by atoms with van der Waals surface area (Å²) in [5.74, 6) is 1.08. The molecule has 4 nitrogen and oxygen atoms in total. The van der Waals surface area contributed by atoms with Gasteiger partial charge in [0.1, 0.15) is 5.82 Å². The van der Waals surface area contributed by atoms with E-state index in [2.05, 4.69) is 50.0 Å². The van der Waals surface area contributed by atoms with Crippen LogP contribution in [0.5, 0.6) is 0 Å². The second kappa shape index (κ2) is 7.04. The standard InChI is InChI=1S/C16H27N3O/c1-5-6-17-9-15-7-12(2)18-16(8-15)19-10-13(3)20-14(4)11-19/h7-8,13-14,17H,5-6,9-11H2,1-4H3. The topological polar surface area (TPSA) is 37.4 Å². The van der Waals surface area contributed by atoms with Crippen LogP contribution in [0, 0.1) is 6.92 Å². The third kappa shape index (κ3) is 4.18. The lowest BCUT2D eigenvalue weighted by molar-refractivity contribution is -0.00547. The molecule has 0 spiro atoms.